The van der Waals surface area contributed by atoms with Crippen molar-refractivity contribution in [2.24, 2.45) is 0 Å². The smallest absolute Gasteiger partial charge is 0.407 e. The number of rotatable bonds is 10. The molecule has 3 rings (SSSR count). The fraction of sp³-hybridized carbons (Fsp3) is 0.375. The summed E-state index contributed by atoms with van der Waals surface area (Å²) < 4.78 is 10.7. The maximum Gasteiger partial charge on any atom is 0.407 e. The first-order valence-corrected chi connectivity index (χ1v) is 10.5. The zero-order valence-corrected chi connectivity index (χ0v) is 18.2. The number of fused-ring (bicyclic) bond motifs is 3. The van der Waals surface area contributed by atoms with E-state index in [9.17, 15) is 14.4 Å². The molecule has 170 valence electrons. The van der Waals surface area contributed by atoms with Gasteiger partial charge in [0.1, 0.15) is 6.61 Å². The molecular weight excluding hydrogens is 412 g/mol. The highest BCUT2D eigenvalue weighted by Gasteiger charge is 2.29. The molecule has 0 radical (unpaired) electrons. The Morgan fingerprint density at radius 3 is 2.16 bits per heavy atom. The van der Waals surface area contributed by atoms with E-state index in [0.29, 0.717) is 0 Å². The predicted octanol–water partition coefficient (Wildman–Crippen LogP) is 2.91. The van der Waals surface area contributed by atoms with Gasteiger partial charge in [0.2, 0.25) is 5.91 Å². The molecule has 0 saturated heterocycles. The van der Waals surface area contributed by atoms with Gasteiger partial charge in [-0.2, -0.15) is 0 Å². The first-order chi connectivity index (χ1) is 15.4. The van der Waals surface area contributed by atoms with Crippen molar-refractivity contribution in [1.29, 1.82) is 0 Å². The molecular formula is C24H28N2O6. The standard InChI is InChI=1S/C24H28N2O6/c1-15(11-23(28)29)26-22(27)12-16(31-2)13-25-24(30)32-14-21-19-9-5-3-7-17(19)18-8-4-6-10-20(18)21/h3-10,15-16,21H,11-14H2,1-2H3,(H,25,30)(H,26,27)(H,28,29)/t15-,16?/m1/s1. The van der Waals surface area contributed by atoms with Crippen LogP contribution in [-0.4, -0.2) is 55.5 Å². The molecule has 3 N–H and O–H groups in total. The Morgan fingerprint density at radius 1 is 1.00 bits per heavy atom. The fourth-order valence-corrected chi connectivity index (χ4v) is 3.94. The summed E-state index contributed by atoms with van der Waals surface area (Å²) in [4.78, 5) is 35.0. The number of nitrogens with one attached hydrogen (secondary N) is 2. The second-order valence-corrected chi connectivity index (χ2v) is 7.83. The van der Waals surface area contributed by atoms with E-state index in [-0.39, 0.29) is 37.8 Å². The molecule has 32 heavy (non-hydrogen) atoms. The normalized spacial score (nSPS) is 14.1. The molecule has 1 aliphatic carbocycles. The Labute approximate surface area is 186 Å². The van der Waals surface area contributed by atoms with Crippen LogP contribution < -0.4 is 10.6 Å². The van der Waals surface area contributed by atoms with Crippen LogP contribution in [0.3, 0.4) is 0 Å². The van der Waals surface area contributed by atoms with E-state index in [1.807, 2.05) is 36.4 Å². The summed E-state index contributed by atoms with van der Waals surface area (Å²) in [6, 6.07) is 15.7. The molecule has 0 fully saturated rings. The Balaban J connectivity index is 1.49. The number of aliphatic carboxylic acids is 1. The third-order valence-electron chi connectivity index (χ3n) is 5.45. The second-order valence-electron chi connectivity index (χ2n) is 7.83. The number of carbonyl (C=O) groups excluding carboxylic acids is 2. The molecule has 1 unspecified atom stereocenters. The van der Waals surface area contributed by atoms with Crippen LogP contribution in [-0.2, 0) is 19.1 Å². The lowest BCUT2D eigenvalue weighted by Crippen LogP contribution is -2.40. The largest absolute Gasteiger partial charge is 0.481 e. The van der Waals surface area contributed by atoms with Crippen LogP contribution in [0.25, 0.3) is 11.1 Å². The van der Waals surface area contributed by atoms with Crippen molar-refractivity contribution in [3.8, 4) is 11.1 Å². The molecule has 2 atom stereocenters. The minimum absolute atomic E-state index is 0.00981. The van der Waals surface area contributed by atoms with Gasteiger partial charge in [0.25, 0.3) is 0 Å². The van der Waals surface area contributed by atoms with Crippen LogP contribution in [0.15, 0.2) is 48.5 Å². The quantitative estimate of drug-likeness (QED) is 0.524. The molecule has 2 aromatic carbocycles. The number of hydrogen-bond donors (Lipinski definition) is 3. The van der Waals surface area contributed by atoms with Crippen molar-refractivity contribution in [3.63, 3.8) is 0 Å². The molecule has 0 aromatic heterocycles. The van der Waals surface area contributed by atoms with E-state index in [2.05, 4.69) is 22.8 Å². The number of benzene rings is 2. The number of hydrogen-bond acceptors (Lipinski definition) is 5. The van der Waals surface area contributed by atoms with Crippen molar-refractivity contribution < 1.29 is 29.0 Å². The third-order valence-corrected chi connectivity index (χ3v) is 5.45. The number of methoxy groups -OCH3 is 1. The SMILES string of the molecule is COC(CNC(=O)OCC1c2ccccc2-c2ccccc21)CC(=O)N[C@H](C)CC(=O)O. The minimum Gasteiger partial charge on any atom is -0.481 e. The topological polar surface area (TPSA) is 114 Å². The van der Waals surface area contributed by atoms with Gasteiger partial charge in [0.15, 0.2) is 0 Å². The van der Waals surface area contributed by atoms with Crippen LogP contribution in [0.2, 0.25) is 0 Å². The summed E-state index contributed by atoms with van der Waals surface area (Å²) >= 11 is 0. The Morgan fingerprint density at radius 2 is 1.59 bits per heavy atom. The van der Waals surface area contributed by atoms with Crippen LogP contribution in [0.1, 0.15) is 36.8 Å². The average Bonchev–Trinajstić information content (AvgIpc) is 3.08. The van der Waals surface area contributed by atoms with Crippen LogP contribution in [0.5, 0.6) is 0 Å². The molecule has 2 aromatic rings. The monoisotopic (exact) mass is 440 g/mol. The number of amides is 2. The highest BCUT2D eigenvalue weighted by atomic mass is 16.5. The Bertz CT molecular complexity index is 931. The second kappa shape index (κ2) is 10.8. The maximum absolute atomic E-state index is 12.3. The van der Waals surface area contributed by atoms with Gasteiger partial charge in [-0.25, -0.2) is 4.79 Å². The van der Waals surface area contributed by atoms with E-state index in [0.717, 1.165) is 22.3 Å². The molecule has 8 nitrogen and oxygen atoms in total. The third kappa shape index (κ3) is 5.85. The lowest BCUT2D eigenvalue weighted by molar-refractivity contribution is -0.137. The molecule has 2 amide bonds. The number of ether oxygens (including phenoxy) is 2. The molecule has 0 saturated carbocycles. The summed E-state index contributed by atoms with van der Waals surface area (Å²) in [7, 11) is 1.44. The highest BCUT2D eigenvalue weighted by Crippen LogP contribution is 2.44. The van der Waals surface area contributed by atoms with Crippen molar-refractivity contribution in [3.05, 3.63) is 59.7 Å². The van der Waals surface area contributed by atoms with Gasteiger partial charge in [0, 0.05) is 25.6 Å². The first kappa shape index (κ1) is 23.3. The molecule has 1 aliphatic rings. The van der Waals surface area contributed by atoms with E-state index >= 15 is 0 Å². The number of carbonyl (C=O) groups is 3. The van der Waals surface area contributed by atoms with Gasteiger partial charge >= 0.3 is 12.1 Å². The van der Waals surface area contributed by atoms with Crippen molar-refractivity contribution in [2.45, 2.75) is 37.8 Å². The Kier molecular flexibility index (Phi) is 7.83. The average molecular weight is 440 g/mol. The zero-order valence-electron chi connectivity index (χ0n) is 18.2. The molecule has 0 heterocycles. The van der Waals surface area contributed by atoms with E-state index in [4.69, 9.17) is 14.6 Å². The van der Waals surface area contributed by atoms with Gasteiger partial charge < -0.3 is 25.2 Å². The number of alkyl carbamates (subject to hydrolysis) is 1. The van der Waals surface area contributed by atoms with Crippen molar-refractivity contribution >= 4 is 18.0 Å². The van der Waals surface area contributed by atoms with Gasteiger partial charge in [-0.05, 0) is 29.2 Å². The lowest BCUT2D eigenvalue weighted by Gasteiger charge is -2.18. The Hall–Kier alpha value is -3.39. The minimum atomic E-state index is -0.988. The summed E-state index contributed by atoms with van der Waals surface area (Å²) in [5, 5.41) is 14.0. The van der Waals surface area contributed by atoms with Crippen LogP contribution >= 0.6 is 0 Å². The summed E-state index contributed by atoms with van der Waals surface area (Å²) in [5.41, 5.74) is 4.56. The molecule has 0 spiro atoms. The highest BCUT2D eigenvalue weighted by molar-refractivity contribution is 5.79. The van der Waals surface area contributed by atoms with Gasteiger partial charge in [0.05, 0.1) is 18.9 Å². The van der Waals surface area contributed by atoms with Crippen molar-refractivity contribution in [1.82, 2.24) is 10.6 Å². The van der Waals surface area contributed by atoms with Gasteiger partial charge in [-0.3, -0.25) is 9.59 Å². The maximum atomic E-state index is 12.3. The fourth-order valence-electron chi connectivity index (χ4n) is 3.94. The molecule has 0 aliphatic heterocycles. The van der Waals surface area contributed by atoms with E-state index in [1.54, 1.807) is 6.92 Å². The number of carboxylic acids is 1. The number of carboxylic acid groups (broad SMARTS) is 1. The van der Waals surface area contributed by atoms with E-state index in [1.165, 1.54) is 7.11 Å². The van der Waals surface area contributed by atoms with Gasteiger partial charge in [-0.1, -0.05) is 48.5 Å². The van der Waals surface area contributed by atoms with Crippen LogP contribution in [0.4, 0.5) is 4.79 Å². The molecule has 0 bridgehead atoms. The first-order valence-electron chi connectivity index (χ1n) is 10.5. The lowest BCUT2D eigenvalue weighted by atomic mass is 9.98. The summed E-state index contributed by atoms with van der Waals surface area (Å²) in [5.74, 6) is -1.37. The predicted molar refractivity (Wildman–Crippen MR) is 118 cm³/mol. The van der Waals surface area contributed by atoms with Gasteiger partial charge in [-0.15, -0.1) is 0 Å². The summed E-state index contributed by atoms with van der Waals surface area (Å²) in [6.07, 6.45) is -1.33. The van der Waals surface area contributed by atoms with E-state index < -0.39 is 24.2 Å². The van der Waals surface area contributed by atoms with Crippen molar-refractivity contribution in [2.75, 3.05) is 20.3 Å². The summed E-state index contributed by atoms with van der Waals surface area (Å²) in [6.45, 7) is 1.90. The van der Waals surface area contributed by atoms with Crippen LogP contribution in [0, 0.1) is 0 Å². The molecule has 8 heteroatoms. The zero-order chi connectivity index (χ0) is 23.1.